The Morgan fingerprint density at radius 3 is 2.95 bits per heavy atom. The van der Waals surface area contributed by atoms with Gasteiger partial charge in [-0.15, -0.1) is 0 Å². The molecule has 0 spiro atoms. The lowest BCUT2D eigenvalue weighted by molar-refractivity contribution is -0.146. The van der Waals surface area contributed by atoms with Gasteiger partial charge in [-0.25, -0.2) is 4.79 Å². The quantitative estimate of drug-likeness (QED) is 0.794. The Bertz CT molecular complexity index is 514. The second kappa shape index (κ2) is 6.58. The summed E-state index contributed by atoms with van der Waals surface area (Å²) in [4.78, 5) is 12.3. The molecule has 1 aromatic carbocycles. The van der Waals surface area contributed by atoms with Gasteiger partial charge < -0.3 is 10.1 Å². The molecule has 6 heteroatoms. The van der Waals surface area contributed by atoms with E-state index in [4.69, 9.17) is 16.3 Å². The third kappa shape index (κ3) is 3.10. The molecule has 0 amide bonds. The van der Waals surface area contributed by atoms with Gasteiger partial charge in [-0.1, -0.05) is 18.5 Å². The van der Waals surface area contributed by atoms with Crippen LogP contribution in [0.15, 0.2) is 22.7 Å². The van der Waals surface area contributed by atoms with E-state index in [1.165, 1.54) is 7.11 Å². The van der Waals surface area contributed by atoms with Crippen molar-refractivity contribution in [1.29, 1.82) is 0 Å². The lowest BCUT2D eigenvalue weighted by atomic mass is 9.89. The maximum absolute atomic E-state index is 12.3. The van der Waals surface area contributed by atoms with Crippen molar-refractivity contribution in [3.63, 3.8) is 0 Å². The van der Waals surface area contributed by atoms with Crippen molar-refractivity contribution in [2.75, 3.05) is 18.2 Å². The highest BCUT2D eigenvalue weighted by Gasteiger charge is 2.46. The fourth-order valence-electron chi connectivity index (χ4n) is 2.45. The number of carbonyl (C=O) groups is 1. The lowest BCUT2D eigenvalue weighted by Crippen LogP contribution is -2.55. The van der Waals surface area contributed by atoms with Gasteiger partial charge in [-0.3, -0.25) is 0 Å². The smallest absolute Gasteiger partial charge is 0.332 e. The molecule has 0 radical (unpaired) electrons. The molecule has 2 unspecified atom stereocenters. The van der Waals surface area contributed by atoms with Gasteiger partial charge in [-0.05, 0) is 52.7 Å². The first kappa shape index (κ1) is 16.0. The molecular formula is C14H17BrClNO2S. The Hall–Kier alpha value is -0.390. The third-order valence-electron chi connectivity index (χ3n) is 3.61. The van der Waals surface area contributed by atoms with Crippen LogP contribution in [-0.4, -0.2) is 29.6 Å². The van der Waals surface area contributed by atoms with E-state index >= 15 is 0 Å². The molecular weight excluding hydrogens is 362 g/mol. The van der Waals surface area contributed by atoms with Crippen molar-refractivity contribution < 1.29 is 9.53 Å². The molecule has 1 heterocycles. The van der Waals surface area contributed by atoms with E-state index in [1.807, 2.05) is 12.1 Å². The summed E-state index contributed by atoms with van der Waals surface area (Å²) in [6.07, 6.45) is 1.76. The van der Waals surface area contributed by atoms with Gasteiger partial charge in [0.2, 0.25) is 0 Å². The Morgan fingerprint density at radius 1 is 1.60 bits per heavy atom. The van der Waals surface area contributed by atoms with Gasteiger partial charge in [0.15, 0.2) is 0 Å². The molecule has 1 N–H and O–H groups in total. The summed E-state index contributed by atoms with van der Waals surface area (Å²) < 4.78 is 5.84. The lowest BCUT2D eigenvalue weighted by Gasteiger charge is -2.40. The second-order valence-corrected chi connectivity index (χ2v) is 7.54. The number of carbonyl (C=O) groups excluding carboxylic acids is 1. The third-order valence-corrected chi connectivity index (χ3v) is 6.25. The number of ether oxygens (including phenoxy) is 1. The average Bonchev–Trinajstić information content (AvgIpc) is 2.44. The number of hydrogen-bond acceptors (Lipinski definition) is 4. The number of hydrogen-bond donors (Lipinski definition) is 1. The standard InChI is InChI=1S/C14H17BrClNO2S/c1-9-14(13(18)19-2,6-3-7-20-9)17-10-4-5-12(16)11(15)8-10/h4-5,8-9,17H,3,6-7H2,1-2H3. The summed E-state index contributed by atoms with van der Waals surface area (Å²) in [6.45, 7) is 2.07. The van der Waals surface area contributed by atoms with E-state index < -0.39 is 5.54 Å². The fraction of sp³-hybridized carbons (Fsp3) is 0.500. The molecule has 3 nitrogen and oxygen atoms in total. The first-order valence-electron chi connectivity index (χ1n) is 6.43. The number of methoxy groups -OCH3 is 1. The zero-order valence-electron chi connectivity index (χ0n) is 11.4. The van der Waals surface area contributed by atoms with Crippen LogP contribution in [0.5, 0.6) is 0 Å². The van der Waals surface area contributed by atoms with Crippen molar-refractivity contribution in [3.8, 4) is 0 Å². The predicted octanol–water partition coefficient (Wildman–Crippen LogP) is 4.34. The van der Waals surface area contributed by atoms with Crippen LogP contribution in [0, 0.1) is 0 Å². The molecule has 2 atom stereocenters. The maximum Gasteiger partial charge on any atom is 0.332 e. The number of nitrogens with one attached hydrogen (secondary N) is 1. The zero-order valence-corrected chi connectivity index (χ0v) is 14.6. The number of esters is 1. The first-order valence-corrected chi connectivity index (χ1v) is 8.65. The van der Waals surface area contributed by atoms with E-state index in [2.05, 4.69) is 28.2 Å². The molecule has 1 saturated heterocycles. The number of halogens is 2. The molecule has 1 aliphatic heterocycles. The molecule has 0 bridgehead atoms. The average molecular weight is 379 g/mol. The molecule has 1 fully saturated rings. The molecule has 0 saturated carbocycles. The Morgan fingerprint density at radius 2 is 2.35 bits per heavy atom. The minimum Gasteiger partial charge on any atom is -0.467 e. The molecule has 110 valence electrons. The summed E-state index contributed by atoms with van der Waals surface area (Å²) >= 11 is 11.2. The number of rotatable bonds is 3. The maximum atomic E-state index is 12.3. The van der Waals surface area contributed by atoms with Crippen molar-refractivity contribution in [2.45, 2.75) is 30.6 Å². The van der Waals surface area contributed by atoms with Crippen LogP contribution in [-0.2, 0) is 9.53 Å². The molecule has 2 rings (SSSR count). The summed E-state index contributed by atoms with van der Waals surface area (Å²) in [6, 6.07) is 5.57. The fourth-order valence-corrected chi connectivity index (χ4v) is 4.17. The van der Waals surface area contributed by atoms with Gasteiger partial charge in [-0.2, -0.15) is 11.8 Å². The summed E-state index contributed by atoms with van der Waals surface area (Å²) in [5, 5.41) is 4.18. The van der Waals surface area contributed by atoms with Crippen LogP contribution in [0.4, 0.5) is 5.69 Å². The largest absolute Gasteiger partial charge is 0.467 e. The van der Waals surface area contributed by atoms with Crippen LogP contribution in [0.3, 0.4) is 0 Å². The van der Waals surface area contributed by atoms with Crippen molar-refractivity contribution in [1.82, 2.24) is 0 Å². The van der Waals surface area contributed by atoms with Gasteiger partial charge in [0.05, 0.1) is 12.1 Å². The Balaban J connectivity index is 2.32. The van der Waals surface area contributed by atoms with E-state index in [0.29, 0.717) is 5.02 Å². The molecule has 1 aliphatic rings. The Kier molecular flexibility index (Phi) is 5.26. The van der Waals surface area contributed by atoms with Crippen LogP contribution >= 0.6 is 39.3 Å². The molecule has 20 heavy (non-hydrogen) atoms. The van der Waals surface area contributed by atoms with E-state index in [-0.39, 0.29) is 11.2 Å². The molecule has 0 aromatic heterocycles. The van der Waals surface area contributed by atoms with Crippen LogP contribution in [0.25, 0.3) is 0 Å². The van der Waals surface area contributed by atoms with E-state index in [1.54, 1.807) is 17.8 Å². The second-order valence-electron chi connectivity index (χ2n) is 4.83. The topological polar surface area (TPSA) is 38.3 Å². The molecule has 0 aliphatic carbocycles. The van der Waals surface area contributed by atoms with Gasteiger partial charge >= 0.3 is 5.97 Å². The SMILES string of the molecule is COC(=O)C1(Nc2ccc(Cl)c(Br)c2)CCCSC1C. The van der Waals surface area contributed by atoms with Crippen molar-refractivity contribution in [2.24, 2.45) is 0 Å². The van der Waals surface area contributed by atoms with Crippen LogP contribution in [0.1, 0.15) is 19.8 Å². The van der Waals surface area contributed by atoms with Crippen LogP contribution < -0.4 is 5.32 Å². The van der Waals surface area contributed by atoms with Gasteiger partial charge in [0.25, 0.3) is 0 Å². The highest BCUT2D eigenvalue weighted by atomic mass is 79.9. The monoisotopic (exact) mass is 377 g/mol. The summed E-state index contributed by atoms with van der Waals surface area (Å²) in [5.41, 5.74) is 0.186. The minimum absolute atomic E-state index is 0.151. The number of anilines is 1. The first-order chi connectivity index (χ1) is 9.49. The van der Waals surface area contributed by atoms with Gasteiger partial charge in [0.1, 0.15) is 5.54 Å². The number of thioether (sulfide) groups is 1. The highest BCUT2D eigenvalue weighted by Crippen LogP contribution is 2.38. The summed E-state index contributed by atoms with van der Waals surface area (Å²) in [7, 11) is 1.44. The highest BCUT2D eigenvalue weighted by molar-refractivity contribution is 9.10. The van der Waals surface area contributed by atoms with E-state index in [9.17, 15) is 4.79 Å². The number of benzene rings is 1. The van der Waals surface area contributed by atoms with Crippen molar-refractivity contribution >= 4 is 50.9 Å². The predicted molar refractivity (Wildman–Crippen MR) is 88.7 cm³/mol. The van der Waals surface area contributed by atoms with Gasteiger partial charge in [0, 0.05) is 15.4 Å². The minimum atomic E-state index is -0.676. The summed E-state index contributed by atoms with van der Waals surface area (Å²) in [5.74, 6) is 0.870. The van der Waals surface area contributed by atoms with E-state index in [0.717, 1.165) is 28.8 Å². The van der Waals surface area contributed by atoms with Crippen molar-refractivity contribution in [3.05, 3.63) is 27.7 Å². The Labute approximate surface area is 136 Å². The zero-order chi connectivity index (χ0) is 14.8. The normalized spacial score (nSPS) is 26.1. The molecule has 1 aromatic rings. The van der Waals surface area contributed by atoms with Crippen LogP contribution in [0.2, 0.25) is 5.02 Å².